The highest BCUT2D eigenvalue weighted by molar-refractivity contribution is 8.00. The summed E-state index contributed by atoms with van der Waals surface area (Å²) >= 11 is 1.27. The summed E-state index contributed by atoms with van der Waals surface area (Å²) in [5.41, 5.74) is 0.0991. The maximum Gasteiger partial charge on any atom is 0.134 e. The Hall–Kier alpha value is -0.510. The zero-order valence-electron chi connectivity index (χ0n) is 5.69. The van der Waals surface area contributed by atoms with Gasteiger partial charge in [0.15, 0.2) is 0 Å². The predicted octanol–water partition coefficient (Wildman–Crippen LogP) is 0.944. The van der Waals surface area contributed by atoms with E-state index in [0.29, 0.717) is 0 Å². The minimum Gasteiger partial charge on any atom is -0.385 e. The van der Waals surface area contributed by atoms with Crippen molar-refractivity contribution in [2.24, 2.45) is 0 Å². The minimum absolute atomic E-state index is 0.708. The van der Waals surface area contributed by atoms with Crippen LogP contribution >= 0.6 is 11.8 Å². The number of fused-ring (bicyclic) bond motifs is 1. The first-order chi connectivity index (χ1) is 5.29. The third-order valence-electron chi connectivity index (χ3n) is 1.69. The summed E-state index contributed by atoms with van der Waals surface area (Å²) in [7, 11) is 0. The van der Waals surface area contributed by atoms with Crippen molar-refractivity contribution < 1.29 is 10.2 Å². The molecule has 1 aromatic carbocycles. The van der Waals surface area contributed by atoms with Gasteiger partial charge in [0.25, 0.3) is 0 Å². The molecule has 57 valence electrons. The monoisotopic (exact) mass is 167 g/mol. The molecule has 1 radical (unpaired) electrons. The van der Waals surface area contributed by atoms with Crippen LogP contribution in [0.3, 0.4) is 0 Å². The molecule has 3 heteroatoms. The molecular formula is C8H7O2S. The number of benzene rings is 1. The summed E-state index contributed by atoms with van der Waals surface area (Å²) in [5, 5.41) is 18.6. The van der Waals surface area contributed by atoms with Crippen molar-refractivity contribution in [2.45, 2.75) is 16.4 Å². The van der Waals surface area contributed by atoms with E-state index in [1.165, 1.54) is 11.8 Å². The molecule has 1 heterocycles. The molecule has 2 rings (SSSR count). The van der Waals surface area contributed by atoms with Crippen LogP contribution in [0.5, 0.6) is 0 Å². The highest BCUT2D eigenvalue weighted by Crippen LogP contribution is 2.41. The first-order valence-electron chi connectivity index (χ1n) is 3.32. The van der Waals surface area contributed by atoms with E-state index in [1.807, 2.05) is 0 Å². The van der Waals surface area contributed by atoms with Gasteiger partial charge in [-0.15, -0.1) is 0 Å². The van der Waals surface area contributed by atoms with Gasteiger partial charge in [0.05, 0.1) is 0 Å². The Kier molecular flexibility index (Phi) is 1.64. The van der Waals surface area contributed by atoms with E-state index in [9.17, 15) is 10.2 Å². The highest BCUT2D eigenvalue weighted by Gasteiger charge is 2.29. The molecule has 0 aromatic heterocycles. The summed E-state index contributed by atoms with van der Waals surface area (Å²) in [6, 6.07) is 8.19. The average Bonchev–Trinajstić information content (AvgIpc) is 2.30. The Morgan fingerprint density at radius 3 is 3.00 bits per heavy atom. The summed E-state index contributed by atoms with van der Waals surface area (Å²) in [5.74, 6) is 0. The maximum atomic E-state index is 9.37. The second kappa shape index (κ2) is 2.52. The van der Waals surface area contributed by atoms with Crippen LogP contribution in [0.2, 0.25) is 0 Å². The average molecular weight is 167 g/mol. The molecule has 2 N–H and O–H groups in total. The van der Waals surface area contributed by atoms with Crippen molar-refractivity contribution in [3.63, 3.8) is 0 Å². The van der Waals surface area contributed by atoms with Gasteiger partial charge < -0.3 is 10.2 Å². The quantitative estimate of drug-likeness (QED) is 0.604. The lowest BCUT2D eigenvalue weighted by molar-refractivity contribution is 0.0772. The lowest BCUT2D eigenvalue weighted by Gasteiger charge is -2.04. The number of aliphatic hydroxyl groups is 2. The molecule has 0 aliphatic carbocycles. The SMILES string of the molecule is OC1Sc2c[c]ccc2C1O. The van der Waals surface area contributed by atoms with Crippen molar-refractivity contribution in [3.05, 3.63) is 29.8 Å². The second-order valence-electron chi connectivity index (χ2n) is 2.42. The van der Waals surface area contributed by atoms with E-state index >= 15 is 0 Å². The fourth-order valence-corrected chi connectivity index (χ4v) is 2.12. The zero-order valence-corrected chi connectivity index (χ0v) is 6.51. The second-order valence-corrected chi connectivity index (χ2v) is 3.58. The number of rotatable bonds is 0. The van der Waals surface area contributed by atoms with Crippen molar-refractivity contribution >= 4 is 11.8 Å². The molecule has 0 saturated heterocycles. The lowest BCUT2D eigenvalue weighted by atomic mass is 10.1. The molecule has 0 spiro atoms. The Morgan fingerprint density at radius 1 is 1.45 bits per heavy atom. The van der Waals surface area contributed by atoms with Crippen LogP contribution in [-0.4, -0.2) is 15.6 Å². The van der Waals surface area contributed by atoms with Crippen LogP contribution < -0.4 is 0 Å². The van der Waals surface area contributed by atoms with Gasteiger partial charge in [0.2, 0.25) is 0 Å². The lowest BCUT2D eigenvalue weighted by Crippen LogP contribution is -2.06. The smallest absolute Gasteiger partial charge is 0.134 e. The standard InChI is InChI=1S/C8H7O2S/c9-7-5-3-1-2-4-6(5)11-8(7)10/h1,3-4,7-10H. The highest BCUT2D eigenvalue weighted by atomic mass is 32.2. The van der Waals surface area contributed by atoms with Crippen LogP contribution in [0.1, 0.15) is 11.7 Å². The van der Waals surface area contributed by atoms with Gasteiger partial charge in [-0.1, -0.05) is 23.9 Å². The normalized spacial score (nSPS) is 28.5. The largest absolute Gasteiger partial charge is 0.385 e. The Balaban J connectivity index is 2.47. The van der Waals surface area contributed by atoms with Crippen molar-refractivity contribution in [2.75, 3.05) is 0 Å². The number of hydrogen-bond donors (Lipinski definition) is 2. The fourth-order valence-electron chi connectivity index (χ4n) is 1.12. The van der Waals surface area contributed by atoms with E-state index in [0.717, 1.165) is 10.5 Å². The molecule has 1 aliphatic rings. The maximum absolute atomic E-state index is 9.37. The number of aliphatic hydroxyl groups excluding tert-OH is 2. The number of thioether (sulfide) groups is 1. The fraction of sp³-hybridized carbons (Fsp3) is 0.250. The molecule has 2 unspecified atom stereocenters. The van der Waals surface area contributed by atoms with Gasteiger partial charge in [-0.05, 0) is 17.7 Å². The molecule has 2 nitrogen and oxygen atoms in total. The van der Waals surface area contributed by atoms with Crippen molar-refractivity contribution in [1.29, 1.82) is 0 Å². The molecule has 1 aromatic rings. The zero-order chi connectivity index (χ0) is 7.84. The van der Waals surface area contributed by atoms with Crippen LogP contribution in [0.4, 0.5) is 0 Å². The van der Waals surface area contributed by atoms with Gasteiger partial charge in [-0.3, -0.25) is 0 Å². The molecule has 0 saturated carbocycles. The van der Waals surface area contributed by atoms with Crippen LogP contribution in [0, 0.1) is 6.07 Å². The first kappa shape index (κ1) is 7.16. The summed E-state index contributed by atoms with van der Waals surface area (Å²) in [6.07, 6.45) is -0.732. The van der Waals surface area contributed by atoms with E-state index in [4.69, 9.17) is 0 Å². The third-order valence-corrected chi connectivity index (χ3v) is 2.80. The Morgan fingerprint density at radius 2 is 2.27 bits per heavy atom. The van der Waals surface area contributed by atoms with Gasteiger partial charge in [0, 0.05) is 4.90 Å². The van der Waals surface area contributed by atoms with E-state index < -0.39 is 11.5 Å². The van der Waals surface area contributed by atoms with Crippen LogP contribution in [0.15, 0.2) is 23.1 Å². The first-order valence-corrected chi connectivity index (χ1v) is 4.20. The molecular weight excluding hydrogens is 160 g/mol. The summed E-state index contributed by atoms with van der Waals surface area (Å²) in [4.78, 5) is 0.924. The molecule has 2 atom stereocenters. The molecule has 0 fully saturated rings. The molecule has 11 heavy (non-hydrogen) atoms. The van der Waals surface area contributed by atoms with Gasteiger partial charge in [-0.2, -0.15) is 0 Å². The van der Waals surface area contributed by atoms with Crippen molar-refractivity contribution in [3.8, 4) is 0 Å². The summed E-state index contributed by atoms with van der Waals surface area (Å²) < 4.78 is 0. The van der Waals surface area contributed by atoms with Gasteiger partial charge in [-0.25, -0.2) is 0 Å². The van der Waals surface area contributed by atoms with Crippen LogP contribution in [-0.2, 0) is 0 Å². The van der Waals surface area contributed by atoms with Gasteiger partial charge >= 0.3 is 0 Å². The van der Waals surface area contributed by atoms with E-state index in [1.54, 1.807) is 18.2 Å². The van der Waals surface area contributed by atoms with Crippen LogP contribution in [0.25, 0.3) is 0 Å². The predicted molar refractivity (Wildman–Crippen MR) is 42.1 cm³/mol. The van der Waals surface area contributed by atoms with E-state index in [2.05, 4.69) is 6.07 Å². The molecule has 0 bridgehead atoms. The van der Waals surface area contributed by atoms with E-state index in [-0.39, 0.29) is 0 Å². The summed E-state index contributed by atoms with van der Waals surface area (Å²) in [6.45, 7) is 0. The molecule has 1 aliphatic heterocycles. The molecule has 0 amide bonds. The topological polar surface area (TPSA) is 40.5 Å². The number of hydrogen-bond acceptors (Lipinski definition) is 3. The minimum atomic E-state index is -0.732. The van der Waals surface area contributed by atoms with Gasteiger partial charge in [0.1, 0.15) is 11.5 Å². The Bertz CT molecular complexity index is 275. The third kappa shape index (κ3) is 1.05. The Labute approximate surface area is 68.9 Å². The van der Waals surface area contributed by atoms with Crippen molar-refractivity contribution in [1.82, 2.24) is 0 Å².